The fourth-order valence-corrected chi connectivity index (χ4v) is 3.69. The molecule has 0 aliphatic heterocycles. The molecule has 168 valence electrons. The van der Waals surface area contributed by atoms with Crippen LogP contribution in [0.25, 0.3) is 17.1 Å². The van der Waals surface area contributed by atoms with Crippen molar-refractivity contribution >= 4 is 23.7 Å². The first kappa shape index (κ1) is 23.3. The number of amides is 3. The van der Waals surface area contributed by atoms with Gasteiger partial charge in [-0.25, -0.2) is 4.79 Å². The quantitative estimate of drug-likeness (QED) is 0.477. The predicted octanol–water partition coefficient (Wildman–Crippen LogP) is 3.91. The molecule has 0 spiro atoms. The molecule has 0 saturated heterocycles. The van der Waals surface area contributed by atoms with Crippen molar-refractivity contribution in [1.29, 1.82) is 0 Å². The van der Waals surface area contributed by atoms with Crippen LogP contribution < -0.4 is 15.4 Å². The lowest BCUT2D eigenvalue weighted by atomic mass is 10.1. The molecule has 0 radical (unpaired) electrons. The first-order valence-corrected chi connectivity index (χ1v) is 11.3. The maximum atomic E-state index is 12.3. The number of nitrogens with one attached hydrogen (secondary N) is 2. The van der Waals surface area contributed by atoms with Crippen LogP contribution in [0.4, 0.5) is 4.79 Å². The number of methoxy groups -OCH3 is 1. The Kier molecular flexibility index (Phi) is 8.27. The molecule has 3 aromatic rings. The number of carbonyl (C=O) groups is 2. The Balaban J connectivity index is 1.75. The Bertz CT molecular complexity index is 1050. The molecule has 0 saturated carbocycles. The molecule has 2 aromatic carbocycles. The Morgan fingerprint density at radius 2 is 1.88 bits per heavy atom. The van der Waals surface area contributed by atoms with Crippen molar-refractivity contribution in [1.82, 2.24) is 25.4 Å². The van der Waals surface area contributed by atoms with E-state index in [-0.39, 0.29) is 5.75 Å². The van der Waals surface area contributed by atoms with Crippen LogP contribution in [0, 0.1) is 5.92 Å². The van der Waals surface area contributed by atoms with Gasteiger partial charge in [0.1, 0.15) is 5.75 Å². The zero-order chi connectivity index (χ0) is 22.9. The molecule has 9 heteroatoms. The number of hydrogen-bond donors (Lipinski definition) is 2. The van der Waals surface area contributed by atoms with E-state index in [4.69, 9.17) is 4.74 Å². The van der Waals surface area contributed by atoms with Crippen LogP contribution in [0.1, 0.15) is 20.3 Å². The minimum absolute atomic E-state index is 0.0285. The number of urea groups is 1. The van der Waals surface area contributed by atoms with Crippen LogP contribution in [0.5, 0.6) is 5.75 Å². The lowest BCUT2D eigenvalue weighted by molar-refractivity contribution is -0.117. The van der Waals surface area contributed by atoms with Gasteiger partial charge in [-0.3, -0.25) is 14.7 Å². The fraction of sp³-hybridized carbons (Fsp3) is 0.304. The van der Waals surface area contributed by atoms with Crippen molar-refractivity contribution in [2.75, 3.05) is 19.4 Å². The highest BCUT2D eigenvalue weighted by atomic mass is 32.2. The number of aromatic nitrogens is 3. The minimum Gasteiger partial charge on any atom is -0.497 e. The molecule has 3 rings (SSSR count). The number of para-hydroxylation sites is 1. The summed E-state index contributed by atoms with van der Waals surface area (Å²) < 4.78 is 7.22. The molecule has 1 aromatic heterocycles. The van der Waals surface area contributed by atoms with Crippen molar-refractivity contribution in [2.24, 2.45) is 5.92 Å². The summed E-state index contributed by atoms with van der Waals surface area (Å²) in [6.07, 6.45) is 0.851. The lowest BCUT2D eigenvalue weighted by Crippen LogP contribution is -2.40. The van der Waals surface area contributed by atoms with Crippen molar-refractivity contribution in [3.05, 3.63) is 54.6 Å². The Labute approximate surface area is 191 Å². The second-order valence-corrected chi connectivity index (χ2v) is 8.43. The minimum atomic E-state index is -0.488. The van der Waals surface area contributed by atoms with Crippen LogP contribution in [0.3, 0.4) is 0 Å². The smallest absolute Gasteiger partial charge is 0.321 e. The molecule has 0 atom stereocenters. The lowest BCUT2D eigenvalue weighted by Gasteiger charge is -2.11. The summed E-state index contributed by atoms with van der Waals surface area (Å²) in [7, 11) is 1.61. The third kappa shape index (κ3) is 6.34. The van der Waals surface area contributed by atoms with Gasteiger partial charge in [-0.1, -0.05) is 55.9 Å². The predicted molar refractivity (Wildman–Crippen MR) is 125 cm³/mol. The van der Waals surface area contributed by atoms with Gasteiger partial charge >= 0.3 is 6.03 Å². The normalized spacial score (nSPS) is 10.8. The van der Waals surface area contributed by atoms with Gasteiger partial charge in [0.05, 0.1) is 12.9 Å². The number of ether oxygens (including phenoxy) is 1. The molecule has 0 fully saturated rings. The van der Waals surface area contributed by atoms with E-state index in [9.17, 15) is 9.59 Å². The number of imide groups is 1. The summed E-state index contributed by atoms with van der Waals surface area (Å²) in [5.41, 5.74) is 1.70. The average Bonchev–Trinajstić information content (AvgIpc) is 3.22. The van der Waals surface area contributed by atoms with Gasteiger partial charge in [0.2, 0.25) is 5.91 Å². The summed E-state index contributed by atoms with van der Waals surface area (Å²) in [5.74, 6) is 1.44. The van der Waals surface area contributed by atoms with E-state index in [2.05, 4.69) is 34.7 Å². The largest absolute Gasteiger partial charge is 0.497 e. The van der Waals surface area contributed by atoms with Crippen molar-refractivity contribution < 1.29 is 14.3 Å². The molecule has 0 aliphatic rings. The highest BCUT2D eigenvalue weighted by molar-refractivity contribution is 7.99. The second-order valence-electron chi connectivity index (χ2n) is 7.48. The standard InChI is InChI=1S/C23H27N5O3S/c1-16(2)12-13-24-22(30)25-20(29)15-32-23-27-26-21(17-8-7-11-19(14-17)31-3)28(23)18-9-5-4-6-10-18/h4-11,14,16H,12-13,15H2,1-3H3,(H2,24,25,29,30). The monoisotopic (exact) mass is 453 g/mol. The second kappa shape index (κ2) is 11.3. The molecule has 2 N–H and O–H groups in total. The van der Waals surface area contributed by atoms with Crippen LogP contribution in [-0.4, -0.2) is 46.1 Å². The van der Waals surface area contributed by atoms with Crippen LogP contribution in [0.15, 0.2) is 59.8 Å². The highest BCUT2D eigenvalue weighted by Crippen LogP contribution is 2.29. The third-order valence-corrected chi connectivity index (χ3v) is 5.50. The number of benzene rings is 2. The van der Waals surface area contributed by atoms with Crippen LogP contribution >= 0.6 is 11.8 Å². The summed E-state index contributed by atoms with van der Waals surface area (Å²) in [6, 6.07) is 16.7. The Morgan fingerprint density at radius 1 is 1.09 bits per heavy atom. The summed E-state index contributed by atoms with van der Waals surface area (Å²) in [5, 5.41) is 14.2. The zero-order valence-corrected chi connectivity index (χ0v) is 19.2. The van der Waals surface area contributed by atoms with E-state index in [1.807, 2.05) is 59.2 Å². The zero-order valence-electron chi connectivity index (χ0n) is 18.4. The average molecular weight is 454 g/mol. The van der Waals surface area contributed by atoms with E-state index in [0.29, 0.717) is 29.2 Å². The first-order valence-electron chi connectivity index (χ1n) is 10.3. The van der Waals surface area contributed by atoms with Crippen LogP contribution in [0.2, 0.25) is 0 Å². The molecule has 3 amide bonds. The molecule has 8 nitrogen and oxygen atoms in total. The number of nitrogens with zero attached hydrogens (tertiary/aromatic N) is 3. The maximum Gasteiger partial charge on any atom is 0.321 e. The third-order valence-electron chi connectivity index (χ3n) is 4.57. The van der Waals surface area contributed by atoms with E-state index < -0.39 is 11.9 Å². The molecule has 0 bridgehead atoms. The number of carbonyl (C=O) groups excluding carboxylic acids is 2. The van der Waals surface area contributed by atoms with Crippen LogP contribution in [-0.2, 0) is 4.79 Å². The van der Waals surface area contributed by atoms with Gasteiger partial charge in [0.25, 0.3) is 0 Å². The topological polar surface area (TPSA) is 98.1 Å². The highest BCUT2D eigenvalue weighted by Gasteiger charge is 2.18. The van der Waals surface area contributed by atoms with E-state index in [1.165, 1.54) is 11.8 Å². The van der Waals surface area contributed by atoms with E-state index in [0.717, 1.165) is 17.7 Å². The van der Waals surface area contributed by atoms with Crippen molar-refractivity contribution in [3.63, 3.8) is 0 Å². The van der Waals surface area contributed by atoms with Crippen molar-refractivity contribution in [2.45, 2.75) is 25.4 Å². The number of thioether (sulfide) groups is 1. The molecular formula is C23H27N5O3S. The molecular weight excluding hydrogens is 426 g/mol. The molecule has 0 unspecified atom stereocenters. The van der Waals surface area contributed by atoms with Gasteiger partial charge in [0, 0.05) is 17.8 Å². The van der Waals surface area contributed by atoms with E-state index in [1.54, 1.807) is 7.11 Å². The summed E-state index contributed by atoms with van der Waals surface area (Å²) in [6.45, 7) is 4.67. The van der Waals surface area contributed by atoms with Gasteiger partial charge in [-0.05, 0) is 36.6 Å². The SMILES string of the molecule is COc1cccc(-c2nnc(SCC(=O)NC(=O)NCCC(C)C)n2-c2ccccc2)c1. The summed E-state index contributed by atoms with van der Waals surface area (Å²) >= 11 is 1.21. The maximum absolute atomic E-state index is 12.3. The molecule has 1 heterocycles. The van der Waals surface area contributed by atoms with Gasteiger partial charge < -0.3 is 10.1 Å². The van der Waals surface area contributed by atoms with Gasteiger partial charge in [0.15, 0.2) is 11.0 Å². The first-order chi connectivity index (χ1) is 15.5. The van der Waals surface area contributed by atoms with Crippen molar-refractivity contribution in [3.8, 4) is 22.8 Å². The van der Waals surface area contributed by atoms with E-state index >= 15 is 0 Å². The number of hydrogen-bond acceptors (Lipinski definition) is 6. The Hall–Kier alpha value is -3.33. The molecule has 32 heavy (non-hydrogen) atoms. The number of rotatable bonds is 9. The Morgan fingerprint density at radius 3 is 2.59 bits per heavy atom. The molecule has 0 aliphatic carbocycles. The van der Waals surface area contributed by atoms with Gasteiger partial charge in [-0.2, -0.15) is 0 Å². The fourth-order valence-electron chi connectivity index (χ4n) is 2.93. The van der Waals surface area contributed by atoms with Gasteiger partial charge in [-0.15, -0.1) is 10.2 Å². The summed E-state index contributed by atoms with van der Waals surface area (Å²) in [4.78, 5) is 24.2.